The van der Waals surface area contributed by atoms with Gasteiger partial charge in [-0.3, -0.25) is 9.10 Å². The van der Waals surface area contributed by atoms with Crippen LogP contribution in [0.25, 0.3) is 0 Å². The monoisotopic (exact) mass is 468 g/mol. The molecule has 0 aliphatic heterocycles. The van der Waals surface area contributed by atoms with E-state index < -0.39 is 10.0 Å². The van der Waals surface area contributed by atoms with Gasteiger partial charge in [0.15, 0.2) is 0 Å². The number of hydrogen-bond donors (Lipinski definition) is 1. The van der Waals surface area contributed by atoms with Crippen molar-refractivity contribution in [1.29, 1.82) is 0 Å². The number of benzene rings is 3. The van der Waals surface area contributed by atoms with Crippen molar-refractivity contribution in [2.75, 3.05) is 17.1 Å². The molecule has 7 heteroatoms. The van der Waals surface area contributed by atoms with E-state index in [1.54, 1.807) is 36.4 Å². The molecular weight excluding hydrogens is 439 g/mol. The molecule has 0 bridgehead atoms. The summed E-state index contributed by atoms with van der Waals surface area (Å²) in [5.41, 5.74) is 4.83. The van der Waals surface area contributed by atoms with Crippen molar-refractivity contribution in [2.24, 2.45) is 0 Å². The number of carbonyl (C=O) groups is 1. The SMILES string of the molecule is Cc1ccc(C)c(N(Cc2ccc(C(=O)NCCCc3ccc(F)cc3)cc2)S(C)(=O)=O)c1. The molecule has 1 N–H and O–H groups in total. The fourth-order valence-electron chi connectivity index (χ4n) is 3.54. The molecule has 3 aromatic rings. The van der Waals surface area contributed by atoms with Gasteiger partial charge in [0.05, 0.1) is 18.5 Å². The van der Waals surface area contributed by atoms with Gasteiger partial charge in [-0.2, -0.15) is 0 Å². The van der Waals surface area contributed by atoms with Crippen LogP contribution in [0.1, 0.15) is 39.0 Å². The van der Waals surface area contributed by atoms with E-state index in [9.17, 15) is 17.6 Å². The summed E-state index contributed by atoms with van der Waals surface area (Å²) in [6.45, 7) is 4.50. The van der Waals surface area contributed by atoms with E-state index in [0.29, 0.717) is 17.8 Å². The Hall–Kier alpha value is -3.19. The molecule has 0 spiro atoms. The highest BCUT2D eigenvalue weighted by Gasteiger charge is 2.20. The molecule has 0 aromatic heterocycles. The molecule has 0 saturated heterocycles. The number of halogens is 1. The van der Waals surface area contributed by atoms with Crippen LogP contribution in [-0.4, -0.2) is 27.1 Å². The standard InChI is InChI=1S/C26H29FN2O3S/c1-19-6-7-20(2)25(17-19)29(33(3,31)32)18-22-8-12-23(13-9-22)26(30)28-16-4-5-21-10-14-24(27)15-11-21/h6-15,17H,4-5,16,18H2,1-3H3,(H,28,30). The van der Waals surface area contributed by atoms with Crippen molar-refractivity contribution in [1.82, 2.24) is 5.32 Å². The highest BCUT2D eigenvalue weighted by atomic mass is 32.2. The summed E-state index contributed by atoms with van der Waals surface area (Å²) < 4.78 is 39.3. The summed E-state index contributed by atoms with van der Waals surface area (Å²) >= 11 is 0. The minimum absolute atomic E-state index is 0.183. The zero-order valence-electron chi connectivity index (χ0n) is 19.1. The Labute approximate surface area is 195 Å². The van der Waals surface area contributed by atoms with E-state index in [-0.39, 0.29) is 18.3 Å². The van der Waals surface area contributed by atoms with Crippen LogP contribution in [0.2, 0.25) is 0 Å². The Morgan fingerprint density at radius 1 is 0.939 bits per heavy atom. The van der Waals surface area contributed by atoms with Crippen LogP contribution in [0.5, 0.6) is 0 Å². The van der Waals surface area contributed by atoms with Gasteiger partial charge in [-0.1, -0.05) is 36.4 Å². The molecule has 5 nitrogen and oxygen atoms in total. The zero-order chi connectivity index (χ0) is 24.0. The molecule has 0 aliphatic carbocycles. The van der Waals surface area contributed by atoms with Crippen LogP contribution in [0.4, 0.5) is 10.1 Å². The maximum absolute atomic E-state index is 13.0. The third-order valence-electron chi connectivity index (χ3n) is 5.42. The number of rotatable bonds is 9. The van der Waals surface area contributed by atoms with Gasteiger partial charge in [-0.15, -0.1) is 0 Å². The van der Waals surface area contributed by atoms with E-state index in [4.69, 9.17) is 0 Å². The van der Waals surface area contributed by atoms with Crippen LogP contribution in [0, 0.1) is 19.7 Å². The summed E-state index contributed by atoms with van der Waals surface area (Å²) in [7, 11) is -3.49. The zero-order valence-corrected chi connectivity index (χ0v) is 20.0. The summed E-state index contributed by atoms with van der Waals surface area (Å²) in [6.07, 6.45) is 2.69. The first kappa shape index (κ1) is 24.5. The van der Waals surface area contributed by atoms with Gasteiger partial charge in [0.1, 0.15) is 5.82 Å². The number of hydrogen-bond acceptors (Lipinski definition) is 3. The molecule has 0 radical (unpaired) electrons. The van der Waals surface area contributed by atoms with Crippen LogP contribution < -0.4 is 9.62 Å². The van der Waals surface area contributed by atoms with E-state index in [1.165, 1.54) is 22.7 Å². The molecule has 0 unspecified atom stereocenters. The van der Waals surface area contributed by atoms with Gasteiger partial charge < -0.3 is 5.32 Å². The predicted molar refractivity (Wildman–Crippen MR) is 130 cm³/mol. The number of carbonyl (C=O) groups excluding carboxylic acids is 1. The number of nitrogens with one attached hydrogen (secondary N) is 1. The second-order valence-electron chi connectivity index (χ2n) is 8.24. The first-order valence-corrected chi connectivity index (χ1v) is 12.6. The van der Waals surface area contributed by atoms with E-state index >= 15 is 0 Å². The molecule has 0 heterocycles. The van der Waals surface area contributed by atoms with E-state index in [2.05, 4.69) is 5.32 Å². The van der Waals surface area contributed by atoms with Gasteiger partial charge >= 0.3 is 0 Å². The second kappa shape index (κ2) is 10.6. The van der Waals surface area contributed by atoms with Gasteiger partial charge in [0.25, 0.3) is 5.91 Å². The van der Waals surface area contributed by atoms with Gasteiger partial charge in [-0.25, -0.2) is 12.8 Å². The molecule has 0 fully saturated rings. The second-order valence-corrected chi connectivity index (χ2v) is 10.1. The Balaban J connectivity index is 1.60. The average molecular weight is 469 g/mol. The molecule has 1 amide bonds. The Bertz CT molecular complexity index is 1210. The van der Waals surface area contributed by atoms with E-state index in [1.807, 2.05) is 32.0 Å². The fraction of sp³-hybridized carbons (Fsp3) is 0.269. The first-order chi connectivity index (χ1) is 15.6. The average Bonchev–Trinajstić information content (AvgIpc) is 2.77. The minimum Gasteiger partial charge on any atom is -0.352 e. The number of aryl methyl sites for hydroxylation is 3. The minimum atomic E-state index is -3.49. The topological polar surface area (TPSA) is 66.5 Å². The van der Waals surface area contributed by atoms with Gasteiger partial charge in [0.2, 0.25) is 10.0 Å². The number of anilines is 1. The summed E-state index contributed by atoms with van der Waals surface area (Å²) in [4.78, 5) is 12.4. The lowest BCUT2D eigenvalue weighted by Gasteiger charge is -2.25. The van der Waals surface area contributed by atoms with Crippen molar-refractivity contribution in [3.05, 3.63) is 100 Å². The van der Waals surface area contributed by atoms with Crippen LogP contribution in [0.15, 0.2) is 66.7 Å². The normalized spacial score (nSPS) is 11.3. The lowest BCUT2D eigenvalue weighted by atomic mass is 10.1. The molecule has 174 valence electrons. The molecule has 3 aromatic carbocycles. The number of sulfonamides is 1. The Morgan fingerprint density at radius 2 is 1.58 bits per heavy atom. The van der Waals surface area contributed by atoms with Crippen molar-refractivity contribution in [2.45, 2.75) is 33.2 Å². The molecule has 0 aliphatic rings. The molecular formula is C26H29FN2O3S. The quantitative estimate of drug-likeness (QED) is 0.460. The maximum Gasteiger partial charge on any atom is 0.251 e. The lowest BCUT2D eigenvalue weighted by Crippen LogP contribution is -2.30. The molecule has 33 heavy (non-hydrogen) atoms. The Kier molecular flexibility index (Phi) is 7.87. The van der Waals surface area contributed by atoms with Crippen LogP contribution >= 0.6 is 0 Å². The van der Waals surface area contributed by atoms with Gasteiger partial charge in [-0.05, 0) is 79.3 Å². The summed E-state index contributed by atoms with van der Waals surface area (Å²) in [5, 5.41) is 2.89. The predicted octanol–water partition coefficient (Wildman–Crippen LogP) is 4.77. The highest BCUT2D eigenvalue weighted by Crippen LogP contribution is 2.26. The Morgan fingerprint density at radius 3 is 2.21 bits per heavy atom. The van der Waals surface area contributed by atoms with E-state index in [0.717, 1.165) is 35.1 Å². The van der Waals surface area contributed by atoms with Crippen molar-refractivity contribution < 1.29 is 17.6 Å². The van der Waals surface area contributed by atoms with Crippen LogP contribution in [-0.2, 0) is 23.0 Å². The molecule has 0 atom stereocenters. The smallest absolute Gasteiger partial charge is 0.251 e. The van der Waals surface area contributed by atoms with Crippen molar-refractivity contribution in [3.63, 3.8) is 0 Å². The third-order valence-corrected chi connectivity index (χ3v) is 6.54. The van der Waals surface area contributed by atoms with Crippen molar-refractivity contribution >= 4 is 21.6 Å². The summed E-state index contributed by atoms with van der Waals surface area (Å²) in [6, 6.07) is 19.0. The fourth-order valence-corrected chi connectivity index (χ4v) is 4.48. The number of amides is 1. The third kappa shape index (κ3) is 6.89. The molecule has 3 rings (SSSR count). The summed E-state index contributed by atoms with van der Waals surface area (Å²) in [5.74, 6) is -0.445. The van der Waals surface area contributed by atoms with Crippen LogP contribution in [0.3, 0.4) is 0 Å². The van der Waals surface area contributed by atoms with Gasteiger partial charge in [0, 0.05) is 12.1 Å². The lowest BCUT2D eigenvalue weighted by molar-refractivity contribution is 0.0953. The largest absolute Gasteiger partial charge is 0.352 e. The first-order valence-electron chi connectivity index (χ1n) is 10.8. The molecule has 0 saturated carbocycles. The maximum atomic E-state index is 13.0. The number of nitrogens with zero attached hydrogens (tertiary/aromatic N) is 1. The van der Waals surface area contributed by atoms with Crippen molar-refractivity contribution in [3.8, 4) is 0 Å². The highest BCUT2D eigenvalue weighted by molar-refractivity contribution is 7.92.